The van der Waals surface area contributed by atoms with Crippen LogP contribution >= 0.6 is 0 Å². The van der Waals surface area contributed by atoms with E-state index >= 15 is 0 Å². The zero-order chi connectivity index (χ0) is 30.7. The normalized spacial score (nSPS) is 20.7. The van der Waals surface area contributed by atoms with E-state index in [9.17, 15) is 14.4 Å². The van der Waals surface area contributed by atoms with Gasteiger partial charge in [-0.2, -0.15) is 0 Å². The van der Waals surface area contributed by atoms with Gasteiger partial charge in [-0.3, -0.25) is 14.5 Å². The summed E-state index contributed by atoms with van der Waals surface area (Å²) in [5.74, 6) is -0.631. The van der Waals surface area contributed by atoms with Crippen LogP contribution in [-0.2, 0) is 25.5 Å². The molecule has 4 N–H and O–H groups in total. The molecule has 0 bridgehead atoms. The van der Waals surface area contributed by atoms with Crippen LogP contribution in [0.2, 0.25) is 0 Å². The number of ether oxygens (including phenoxy) is 2. The maximum Gasteiger partial charge on any atom is 0.355 e. The van der Waals surface area contributed by atoms with E-state index in [1.165, 1.54) is 0 Å². The first-order chi connectivity index (χ1) is 20.5. The molecule has 2 heterocycles. The number of carbonyl (C=O) groups excluding carboxylic acids is 3. The topological polar surface area (TPSA) is 130 Å². The highest BCUT2D eigenvalue weighted by atomic mass is 16.6. The summed E-state index contributed by atoms with van der Waals surface area (Å²) in [5, 5.41) is 3.65. The number of methoxy groups -OCH3 is 1. The second-order valence-corrected chi connectivity index (χ2v) is 12.6. The van der Waals surface area contributed by atoms with Crippen molar-refractivity contribution in [1.82, 2.24) is 9.88 Å². The van der Waals surface area contributed by atoms with Crippen LogP contribution in [-0.4, -0.2) is 78.2 Å². The number of benzene rings is 2. The smallest absolute Gasteiger partial charge is 0.355 e. The van der Waals surface area contributed by atoms with Gasteiger partial charge in [-0.1, -0.05) is 12.1 Å². The molecule has 2 aromatic carbocycles. The number of H-pyrrole nitrogens is 1. The Morgan fingerprint density at radius 2 is 1.77 bits per heavy atom. The van der Waals surface area contributed by atoms with Crippen LogP contribution in [0.5, 0.6) is 0 Å². The molecular formula is C33H43N5O5. The van der Waals surface area contributed by atoms with Crippen molar-refractivity contribution in [1.29, 1.82) is 0 Å². The predicted octanol–water partition coefficient (Wildman–Crippen LogP) is 4.24. The summed E-state index contributed by atoms with van der Waals surface area (Å²) in [6, 6.07) is 14.5. The molecular weight excluding hydrogens is 546 g/mol. The fraction of sp³-hybridized carbons (Fsp3) is 0.485. The highest BCUT2D eigenvalue weighted by molar-refractivity contribution is 5.99. The Morgan fingerprint density at radius 1 is 1.05 bits per heavy atom. The van der Waals surface area contributed by atoms with Crippen LogP contribution in [0.1, 0.15) is 62.5 Å². The summed E-state index contributed by atoms with van der Waals surface area (Å²) in [4.78, 5) is 45.6. The van der Waals surface area contributed by atoms with E-state index in [4.69, 9.17) is 15.2 Å². The van der Waals surface area contributed by atoms with Crippen molar-refractivity contribution in [2.75, 3.05) is 37.0 Å². The zero-order valence-corrected chi connectivity index (χ0v) is 25.5. The van der Waals surface area contributed by atoms with Crippen LogP contribution in [0.3, 0.4) is 0 Å². The molecule has 2 amide bonds. The SMILES string of the molecule is COC1CCC(N2CCN(c3ccc(C[C@H](N)C(=O)Nc4ccc5[nH]c(C(=O)OC(C)(C)C)cc5c4)cc3)C(=O)C2)CC1. The molecule has 1 saturated carbocycles. The van der Waals surface area contributed by atoms with Gasteiger partial charge < -0.3 is 30.4 Å². The van der Waals surface area contributed by atoms with Gasteiger partial charge in [-0.25, -0.2) is 4.79 Å². The van der Waals surface area contributed by atoms with E-state index < -0.39 is 17.6 Å². The number of nitrogens with two attached hydrogens (primary N) is 1. The van der Waals surface area contributed by atoms with E-state index in [1.54, 1.807) is 31.4 Å². The average molecular weight is 590 g/mol. The van der Waals surface area contributed by atoms with E-state index in [2.05, 4.69) is 15.2 Å². The number of hydrogen-bond donors (Lipinski definition) is 3. The number of carbonyl (C=O) groups is 3. The Labute approximate surface area is 252 Å². The number of nitrogens with one attached hydrogen (secondary N) is 2. The molecule has 1 aliphatic carbocycles. The van der Waals surface area contributed by atoms with E-state index in [1.807, 2.05) is 49.9 Å². The van der Waals surface area contributed by atoms with Crippen molar-refractivity contribution in [3.8, 4) is 0 Å². The minimum Gasteiger partial charge on any atom is -0.455 e. The van der Waals surface area contributed by atoms with Crippen molar-refractivity contribution >= 4 is 40.1 Å². The third-order valence-corrected chi connectivity index (χ3v) is 8.29. The van der Waals surface area contributed by atoms with E-state index in [0.717, 1.165) is 54.4 Å². The first-order valence-corrected chi connectivity index (χ1v) is 15.1. The lowest BCUT2D eigenvalue weighted by molar-refractivity contribution is -0.122. The van der Waals surface area contributed by atoms with Gasteiger partial charge in [-0.05, 0) is 94.8 Å². The molecule has 1 atom stereocenters. The third kappa shape index (κ3) is 7.62. The highest BCUT2D eigenvalue weighted by Gasteiger charge is 2.32. The maximum absolute atomic E-state index is 13.0. The van der Waals surface area contributed by atoms with E-state index in [-0.39, 0.29) is 11.8 Å². The Bertz CT molecular complexity index is 1450. The Morgan fingerprint density at radius 3 is 2.42 bits per heavy atom. The average Bonchev–Trinajstić information content (AvgIpc) is 3.41. The summed E-state index contributed by atoms with van der Waals surface area (Å²) >= 11 is 0. The number of hydrogen-bond acceptors (Lipinski definition) is 7. The van der Waals surface area contributed by atoms with Crippen molar-refractivity contribution in [3.05, 3.63) is 59.8 Å². The van der Waals surface area contributed by atoms with Gasteiger partial charge in [0.05, 0.1) is 18.7 Å². The molecule has 0 unspecified atom stereocenters. The molecule has 2 aliphatic rings. The van der Waals surface area contributed by atoms with Crippen LogP contribution in [0.4, 0.5) is 11.4 Å². The van der Waals surface area contributed by atoms with E-state index in [0.29, 0.717) is 43.0 Å². The summed E-state index contributed by atoms with van der Waals surface area (Å²) in [6.45, 7) is 7.41. The van der Waals surface area contributed by atoms with Crippen LogP contribution in [0.15, 0.2) is 48.5 Å². The predicted molar refractivity (Wildman–Crippen MR) is 167 cm³/mol. The number of nitrogens with zero attached hydrogens (tertiary/aromatic N) is 2. The van der Waals surface area contributed by atoms with Gasteiger partial charge in [0.1, 0.15) is 11.3 Å². The summed E-state index contributed by atoms with van der Waals surface area (Å²) in [6.07, 6.45) is 4.95. The van der Waals surface area contributed by atoms with Crippen molar-refractivity contribution in [2.24, 2.45) is 5.73 Å². The Kier molecular flexibility index (Phi) is 9.19. The minimum atomic E-state index is -0.761. The lowest BCUT2D eigenvalue weighted by atomic mass is 9.91. The number of esters is 1. The molecule has 1 saturated heterocycles. The number of aromatic nitrogens is 1. The number of anilines is 2. The lowest BCUT2D eigenvalue weighted by Crippen LogP contribution is -2.54. The molecule has 0 radical (unpaired) electrons. The van der Waals surface area contributed by atoms with Gasteiger partial charge >= 0.3 is 5.97 Å². The molecule has 2 fully saturated rings. The minimum absolute atomic E-state index is 0.113. The number of fused-ring (bicyclic) bond motifs is 1. The van der Waals surface area contributed by atoms with Crippen LogP contribution in [0.25, 0.3) is 10.9 Å². The maximum atomic E-state index is 13.0. The number of rotatable bonds is 8. The quantitative estimate of drug-likeness (QED) is 0.335. The molecule has 0 spiro atoms. The first-order valence-electron chi connectivity index (χ1n) is 15.1. The number of amides is 2. The highest BCUT2D eigenvalue weighted by Crippen LogP contribution is 2.27. The molecule has 10 heteroatoms. The van der Waals surface area contributed by atoms with Crippen LogP contribution < -0.4 is 16.0 Å². The fourth-order valence-electron chi connectivity index (χ4n) is 5.97. The molecule has 5 rings (SSSR count). The Balaban J connectivity index is 1.13. The largest absolute Gasteiger partial charge is 0.455 e. The van der Waals surface area contributed by atoms with Crippen LogP contribution in [0, 0.1) is 0 Å². The fourth-order valence-corrected chi connectivity index (χ4v) is 5.97. The Hall–Kier alpha value is -3.73. The summed E-state index contributed by atoms with van der Waals surface area (Å²) < 4.78 is 10.9. The van der Waals surface area contributed by atoms with Crippen molar-refractivity contribution in [3.63, 3.8) is 0 Å². The van der Waals surface area contributed by atoms with Crippen molar-refractivity contribution < 1.29 is 23.9 Å². The first kappa shape index (κ1) is 30.7. The third-order valence-electron chi connectivity index (χ3n) is 8.29. The standard InChI is InChI=1S/C33H43N5O5/c1-33(2,3)43-32(41)29-19-22-18-23(7-14-28(22)36-29)35-31(40)27(34)17-21-5-8-25(9-6-21)38-16-15-37(20-30(38)39)24-10-12-26(42-4)13-11-24/h5-9,14,18-19,24,26-27,36H,10-13,15-17,20,34H2,1-4H3,(H,35,40)/t24?,26?,27-/m0/s1. The second-order valence-electron chi connectivity index (χ2n) is 12.6. The molecule has 3 aromatic rings. The van der Waals surface area contributed by atoms with Gasteiger partial charge in [-0.15, -0.1) is 0 Å². The molecule has 1 aliphatic heterocycles. The monoisotopic (exact) mass is 589 g/mol. The van der Waals surface area contributed by atoms with Crippen molar-refractivity contribution in [2.45, 2.75) is 76.7 Å². The summed E-state index contributed by atoms with van der Waals surface area (Å²) in [7, 11) is 1.78. The molecule has 43 heavy (non-hydrogen) atoms. The van der Waals surface area contributed by atoms with Gasteiger partial charge in [0.25, 0.3) is 0 Å². The summed E-state index contributed by atoms with van der Waals surface area (Å²) in [5.41, 5.74) is 9.13. The molecule has 230 valence electrons. The number of aromatic amines is 1. The van der Waals surface area contributed by atoms with Gasteiger partial charge in [0.15, 0.2) is 0 Å². The lowest BCUT2D eigenvalue weighted by Gasteiger charge is -2.41. The number of piperazine rings is 1. The zero-order valence-electron chi connectivity index (χ0n) is 25.5. The van der Waals surface area contributed by atoms with Gasteiger partial charge in [0, 0.05) is 48.5 Å². The van der Waals surface area contributed by atoms with Gasteiger partial charge in [0.2, 0.25) is 11.8 Å². The molecule has 10 nitrogen and oxygen atoms in total. The second kappa shape index (κ2) is 12.9. The molecule has 1 aromatic heterocycles.